The molecule has 2 aromatic carbocycles. The van der Waals surface area contributed by atoms with Crippen LogP contribution < -0.4 is 10.0 Å². The Labute approximate surface area is 155 Å². The Balaban J connectivity index is 1.76. The minimum Gasteiger partial charge on any atom is -0.338 e. The van der Waals surface area contributed by atoms with Crippen molar-refractivity contribution in [3.63, 3.8) is 0 Å². The Kier molecular flexibility index (Phi) is 5.11. The fourth-order valence-corrected chi connectivity index (χ4v) is 3.47. The number of pyridine rings is 1. The van der Waals surface area contributed by atoms with E-state index < -0.39 is 15.8 Å². The van der Waals surface area contributed by atoms with Crippen molar-refractivity contribution in [2.75, 3.05) is 10.0 Å². The molecule has 134 valence electrons. The molecule has 0 bridgehead atoms. The molecule has 0 radical (unpaired) electrons. The number of anilines is 3. The second-order valence-corrected chi connectivity index (χ2v) is 7.64. The van der Waals surface area contributed by atoms with Gasteiger partial charge in [-0.3, -0.25) is 4.72 Å². The average Bonchev–Trinajstić information content (AvgIpc) is 2.60. The Hall–Kier alpha value is -2.64. The zero-order valence-corrected chi connectivity index (χ0v) is 15.3. The van der Waals surface area contributed by atoms with Crippen LogP contribution in [0.15, 0.2) is 65.7 Å². The number of hydrogen-bond donors (Lipinski definition) is 2. The Morgan fingerprint density at radius 1 is 1.08 bits per heavy atom. The molecule has 8 heteroatoms. The van der Waals surface area contributed by atoms with Crippen LogP contribution >= 0.6 is 11.6 Å². The van der Waals surface area contributed by atoms with Crippen LogP contribution in [-0.4, -0.2) is 13.4 Å². The molecule has 0 fully saturated rings. The predicted octanol–water partition coefficient (Wildman–Crippen LogP) is 4.73. The van der Waals surface area contributed by atoms with Crippen molar-refractivity contribution in [2.24, 2.45) is 0 Å². The topological polar surface area (TPSA) is 71.1 Å². The van der Waals surface area contributed by atoms with Crippen molar-refractivity contribution in [2.45, 2.75) is 11.8 Å². The first-order chi connectivity index (χ1) is 12.3. The molecule has 0 saturated heterocycles. The lowest BCUT2D eigenvalue weighted by Crippen LogP contribution is -2.13. The van der Waals surface area contributed by atoms with Gasteiger partial charge in [-0.05, 0) is 55.0 Å². The predicted molar refractivity (Wildman–Crippen MR) is 101 cm³/mol. The Morgan fingerprint density at radius 2 is 1.85 bits per heavy atom. The van der Waals surface area contributed by atoms with Crippen LogP contribution in [0.5, 0.6) is 0 Å². The quantitative estimate of drug-likeness (QED) is 0.659. The molecule has 2 N–H and O–H groups in total. The number of hydrogen-bond acceptors (Lipinski definition) is 4. The third-order valence-electron chi connectivity index (χ3n) is 3.59. The maximum Gasteiger partial charge on any atom is 0.261 e. The van der Waals surface area contributed by atoms with Gasteiger partial charge in [-0.15, -0.1) is 0 Å². The van der Waals surface area contributed by atoms with E-state index in [2.05, 4.69) is 15.0 Å². The summed E-state index contributed by atoms with van der Waals surface area (Å²) in [6, 6.07) is 13.7. The maximum atomic E-state index is 13.6. The third-order valence-corrected chi connectivity index (χ3v) is 5.40. The first kappa shape index (κ1) is 18.2. The first-order valence-electron chi connectivity index (χ1n) is 7.62. The molecule has 26 heavy (non-hydrogen) atoms. The minimum atomic E-state index is -3.76. The number of rotatable bonds is 5. The highest BCUT2D eigenvalue weighted by Gasteiger charge is 2.15. The van der Waals surface area contributed by atoms with Gasteiger partial charge in [0.25, 0.3) is 10.0 Å². The van der Waals surface area contributed by atoms with E-state index in [-0.39, 0.29) is 16.3 Å². The number of aromatic nitrogens is 1. The summed E-state index contributed by atoms with van der Waals surface area (Å²) < 4.78 is 41.0. The highest BCUT2D eigenvalue weighted by atomic mass is 35.5. The molecule has 1 heterocycles. The molecule has 0 aliphatic rings. The van der Waals surface area contributed by atoms with Crippen LogP contribution in [0, 0.1) is 12.7 Å². The van der Waals surface area contributed by atoms with Crippen molar-refractivity contribution in [1.29, 1.82) is 0 Å². The summed E-state index contributed by atoms with van der Waals surface area (Å²) in [5.74, 6) is -0.0161. The van der Waals surface area contributed by atoms with Crippen LogP contribution in [0.1, 0.15) is 5.56 Å². The highest BCUT2D eigenvalue weighted by Crippen LogP contribution is 2.23. The third kappa shape index (κ3) is 4.12. The van der Waals surface area contributed by atoms with E-state index in [9.17, 15) is 12.8 Å². The zero-order chi connectivity index (χ0) is 18.7. The van der Waals surface area contributed by atoms with Gasteiger partial charge in [0.1, 0.15) is 11.6 Å². The fourth-order valence-electron chi connectivity index (χ4n) is 2.23. The monoisotopic (exact) mass is 391 g/mol. The molecule has 0 amide bonds. The molecule has 0 unspecified atom stereocenters. The Bertz CT molecular complexity index is 1040. The number of aryl methyl sites for hydroxylation is 1. The van der Waals surface area contributed by atoms with Crippen LogP contribution in [0.4, 0.5) is 21.6 Å². The number of sulfonamides is 1. The van der Waals surface area contributed by atoms with Gasteiger partial charge in [0.15, 0.2) is 0 Å². The second kappa shape index (κ2) is 7.31. The molecule has 5 nitrogen and oxygen atoms in total. The molecule has 0 spiro atoms. The van der Waals surface area contributed by atoms with E-state index in [1.165, 1.54) is 36.5 Å². The van der Waals surface area contributed by atoms with E-state index >= 15 is 0 Å². The van der Waals surface area contributed by atoms with Crippen LogP contribution in [0.2, 0.25) is 5.02 Å². The minimum absolute atomic E-state index is 0.105. The number of nitrogens with one attached hydrogen (secondary N) is 2. The van der Waals surface area contributed by atoms with Gasteiger partial charge < -0.3 is 5.32 Å². The molecule has 0 saturated carbocycles. The van der Waals surface area contributed by atoms with E-state index in [4.69, 9.17) is 11.6 Å². The van der Waals surface area contributed by atoms with Gasteiger partial charge in [-0.1, -0.05) is 23.7 Å². The molecule has 0 aliphatic carbocycles. The molecule has 3 rings (SSSR count). The smallest absolute Gasteiger partial charge is 0.261 e. The normalized spacial score (nSPS) is 11.2. The molecule has 0 atom stereocenters. The largest absolute Gasteiger partial charge is 0.338 e. The summed E-state index contributed by atoms with van der Waals surface area (Å²) in [5, 5.41) is 3.32. The Morgan fingerprint density at radius 3 is 2.50 bits per heavy atom. The summed E-state index contributed by atoms with van der Waals surface area (Å²) in [6.07, 6.45) is 1.35. The second-order valence-electron chi connectivity index (χ2n) is 5.55. The van der Waals surface area contributed by atoms with Crippen LogP contribution in [0.3, 0.4) is 0 Å². The molecule has 0 aliphatic heterocycles. The van der Waals surface area contributed by atoms with Crippen molar-refractivity contribution in [3.05, 3.63) is 77.2 Å². The summed E-state index contributed by atoms with van der Waals surface area (Å²) in [4.78, 5) is 4.20. The van der Waals surface area contributed by atoms with Gasteiger partial charge in [0.05, 0.1) is 22.5 Å². The summed E-state index contributed by atoms with van der Waals surface area (Å²) in [5.41, 5.74) is 1.23. The van der Waals surface area contributed by atoms with Crippen LogP contribution in [-0.2, 0) is 10.0 Å². The lowest BCUT2D eigenvalue weighted by atomic mass is 10.2. The molecule has 3 aromatic rings. The number of para-hydroxylation sites is 1. The van der Waals surface area contributed by atoms with Gasteiger partial charge in [0.2, 0.25) is 0 Å². The van der Waals surface area contributed by atoms with Gasteiger partial charge in [-0.25, -0.2) is 17.8 Å². The van der Waals surface area contributed by atoms with E-state index in [0.717, 1.165) is 0 Å². The number of nitrogens with zero attached hydrogens (tertiary/aromatic N) is 1. The van der Waals surface area contributed by atoms with Crippen molar-refractivity contribution < 1.29 is 12.8 Å². The SMILES string of the molecule is Cc1cc(S(=O)(=O)Nc2ccc(Nc3ccccc3F)nc2)ccc1Cl. The molecule has 1 aromatic heterocycles. The molecular formula is C18H15ClFN3O2S. The van der Waals surface area contributed by atoms with Gasteiger partial charge in [0, 0.05) is 5.02 Å². The first-order valence-corrected chi connectivity index (χ1v) is 9.48. The van der Waals surface area contributed by atoms with Gasteiger partial charge >= 0.3 is 0 Å². The number of benzene rings is 2. The van der Waals surface area contributed by atoms with E-state index in [1.54, 1.807) is 31.2 Å². The van der Waals surface area contributed by atoms with E-state index in [0.29, 0.717) is 16.4 Å². The summed E-state index contributed by atoms with van der Waals surface area (Å²) in [6.45, 7) is 1.73. The summed E-state index contributed by atoms with van der Waals surface area (Å²) >= 11 is 5.93. The average molecular weight is 392 g/mol. The standard InChI is InChI=1S/C18H15ClFN3O2S/c1-12-10-14(7-8-15(12)19)26(24,25)23-13-6-9-18(21-11-13)22-17-5-3-2-4-16(17)20/h2-11,23H,1H3,(H,21,22). The summed E-state index contributed by atoms with van der Waals surface area (Å²) in [7, 11) is -3.76. The van der Waals surface area contributed by atoms with Crippen molar-refractivity contribution in [3.8, 4) is 0 Å². The lowest BCUT2D eigenvalue weighted by Gasteiger charge is -2.10. The zero-order valence-electron chi connectivity index (χ0n) is 13.7. The number of halogens is 2. The van der Waals surface area contributed by atoms with E-state index in [1.807, 2.05) is 0 Å². The lowest BCUT2D eigenvalue weighted by molar-refractivity contribution is 0.601. The van der Waals surface area contributed by atoms with Crippen molar-refractivity contribution >= 4 is 38.8 Å². The molecular weight excluding hydrogens is 377 g/mol. The van der Waals surface area contributed by atoms with Gasteiger partial charge in [-0.2, -0.15) is 0 Å². The van der Waals surface area contributed by atoms with Crippen molar-refractivity contribution in [1.82, 2.24) is 4.98 Å². The maximum absolute atomic E-state index is 13.6. The van der Waals surface area contributed by atoms with Crippen LogP contribution in [0.25, 0.3) is 0 Å². The highest BCUT2D eigenvalue weighted by molar-refractivity contribution is 7.92. The fraction of sp³-hybridized carbons (Fsp3) is 0.0556.